The first kappa shape index (κ1) is 17.1. The molecule has 2 aromatic rings. The second kappa shape index (κ2) is 6.46. The van der Waals surface area contributed by atoms with Crippen molar-refractivity contribution < 1.29 is 18.7 Å². The van der Waals surface area contributed by atoms with Gasteiger partial charge in [0, 0.05) is 11.6 Å². The van der Waals surface area contributed by atoms with E-state index in [1.54, 1.807) is 32.9 Å². The summed E-state index contributed by atoms with van der Waals surface area (Å²) in [6, 6.07) is 5.28. The number of hydrogen-bond acceptors (Lipinski definition) is 2. The van der Waals surface area contributed by atoms with Crippen LogP contribution in [-0.4, -0.2) is 11.1 Å². The summed E-state index contributed by atoms with van der Waals surface area (Å²) in [7, 11) is 0. The predicted octanol–water partition coefficient (Wildman–Crippen LogP) is 4.03. The largest absolute Gasteiger partial charge is 0.481 e. The molecular formula is C18H19F2NO2. The summed E-state index contributed by atoms with van der Waals surface area (Å²) in [4.78, 5) is 10.8. The molecule has 0 fully saturated rings. The maximum Gasteiger partial charge on any atom is 0.305 e. The van der Waals surface area contributed by atoms with Gasteiger partial charge in [-0.05, 0) is 60.7 Å². The molecule has 5 heteroatoms. The zero-order chi connectivity index (χ0) is 17.3. The van der Waals surface area contributed by atoms with E-state index in [9.17, 15) is 13.6 Å². The van der Waals surface area contributed by atoms with Crippen LogP contribution in [0.2, 0.25) is 0 Å². The Balaban J connectivity index is 2.68. The van der Waals surface area contributed by atoms with Crippen LogP contribution in [0, 0.1) is 32.4 Å². The van der Waals surface area contributed by atoms with Gasteiger partial charge in [0.2, 0.25) is 0 Å². The highest BCUT2D eigenvalue weighted by Gasteiger charge is 2.21. The number of aliphatic carboxylic acids is 1. The number of nitrogens with two attached hydrogens (primary N) is 1. The molecule has 0 heterocycles. The second-order valence-electron chi connectivity index (χ2n) is 5.69. The van der Waals surface area contributed by atoms with Crippen molar-refractivity contribution in [3.05, 3.63) is 58.2 Å². The fraction of sp³-hybridized carbons (Fsp3) is 0.278. The van der Waals surface area contributed by atoms with Gasteiger partial charge >= 0.3 is 5.97 Å². The lowest BCUT2D eigenvalue weighted by Crippen LogP contribution is -2.17. The molecule has 0 bridgehead atoms. The van der Waals surface area contributed by atoms with Crippen molar-refractivity contribution in [2.45, 2.75) is 33.2 Å². The zero-order valence-corrected chi connectivity index (χ0v) is 13.3. The third-order valence-corrected chi connectivity index (χ3v) is 4.20. The van der Waals surface area contributed by atoms with Gasteiger partial charge in [-0.2, -0.15) is 0 Å². The lowest BCUT2D eigenvalue weighted by molar-refractivity contribution is -0.137. The molecule has 0 saturated carbocycles. The Morgan fingerprint density at radius 2 is 1.78 bits per heavy atom. The quantitative estimate of drug-likeness (QED) is 0.894. The van der Waals surface area contributed by atoms with Crippen molar-refractivity contribution in [3.63, 3.8) is 0 Å². The highest BCUT2D eigenvalue weighted by atomic mass is 19.1. The molecule has 3 nitrogen and oxygen atoms in total. The van der Waals surface area contributed by atoms with Crippen LogP contribution in [0.4, 0.5) is 8.78 Å². The monoisotopic (exact) mass is 319 g/mol. The third kappa shape index (κ3) is 3.24. The molecule has 23 heavy (non-hydrogen) atoms. The van der Waals surface area contributed by atoms with Gasteiger partial charge < -0.3 is 10.8 Å². The Labute approximate surface area is 133 Å². The number of carboxylic acids is 1. The van der Waals surface area contributed by atoms with E-state index in [0.717, 1.165) is 0 Å². The van der Waals surface area contributed by atoms with Gasteiger partial charge in [-0.25, -0.2) is 8.78 Å². The standard InChI is InChI=1S/C18H19F2NO2/c1-9-10(2)18(20)14(16(21)8-17(22)23)7-13(9)12-5-4-6-15(19)11(12)3/h4-7,16H,8,21H2,1-3H3,(H,22,23). The molecule has 3 N–H and O–H groups in total. The number of carboxylic acid groups (broad SMARTS) is 1. The molecule has 0 saturated heterocycles. The lowest BCUT2D eigenvalue weighted by atomic mass is 9.89. The summed E-state index contributed by atoms with van der Waals surface area (Å²) in [5.74, 6) is -1.95. The highest BCUT2D eigenvalue weighted by molar-refractivity contribution is 5.73. The van der Waals surface area contributed by atoms with Gasteiger partial charge in [0.05, 0.1) is 6.42 Å². The smallest absolute Gasteiger partial charge is 0.305 e. The Kier molecular flexibility index (Phi) is 4.80. The number of rotatable bonds is 4. The van der Waals surface area contributed by atoms with Crippen LogP contribution in [0.1, 0.15) is 34.7 Å². The van der Waals surface area contributed by atoms with E-state index in [-0.39, 0.29) is 17.8 Å². The molecule has 0 amide bonds. The Hall–Kier alpha value is -2.27. The minimum Gasteiger partial charge on any atom is -0.481 e. The zero-order valence-electron chi connectivity index (χ0n) is 13.3. The predicted molar refractivity (Wildman–Crippen MR) is 85.2 cm³/mol. The summed E-state index contributed by atoms with van der Waals surface area (Å²) < 4.78 is 28.3. The highest BCUT2D eigenvalue weighted by Crippen LogP contribution is 2.34. The Bertz CT molecular complexity index is 772. The van der Waals surface area contributed by atoms with Gasteiger partial charge in [-0.15, -0.1) is 0 Å². The molecule has 2 aromatic carbocycles. The normalized spacial score (nSPS) is 12.3. The first-order valence-electron chi connectivity index (χ1n) is 7.26. The number of carbonyl (C=O) groups is 1. The van der Waals surface area contributed by atoms with Crippen molar-refractivity contribution in [1.82, 2.24) is 0 Å². The van der Waals surface area contributed by atoms with Crippen LogP contribution in [0.3, 0.4) is 0 Å². The third-order valence-electron chi connectivity index (χ3n) is 4.20. The summed E-state index contributed by atoms with van der Waals surface area (Å²) in [5.41, 5.74) is 8.81. The summed E-state index contributed by atoms with van der Waals surface area (Å²) in [5, 5.41) is 8.87. The molecule has 0 aliphatic carbocycles. The van der Waals surface area contributed by atoms with Crippen molar-refractivity contribution in [2.24, 2.45) is 5.73 Å². The van der Waals surface area contributed by atoms with Gasteiger partial charge in [-0.3, -0.25) is 4.79 Å². The van der Waals surface area contributed by atoms with E-state index in [0.29, 0.717) is 27.8 Å². The summed E-state index contributed by atoms with van der Waals surface area (Å²) in [6.07, 6.45) is -0.374. The fourth-order valence-corrected chi connectivity index (χ4v) is 2.66. The molecule has 0 spiro atoms. The van der Waals surface area contributed by atoms with Gasteiger partial charge in [0.25, 0.3) is 0 Å². The fourth-order valence-electron chi connectivity index (χ4n) is 2.66. The molecule has 122 valence electrons. The average molecular weight is 319 g/mol. The van der Waals surface area contributed by atoms with E-state index in [2.05, 4.69) is 0 Å². The molecule has 1 unspecified atom stereocenters. The number of hydrogen-bond donors (Lipinski definition) is 2. The van der Waals surface area contributed by atoms with E-state index in [1.165, 1.54) is 12.1 Å². The minimum atomic E-state index is -1.10. The van der Waals surface area contributed by atoms with Crippen LogP contribution >= 0.6 is 0 Å². The van der Waals surface area contributed by atoms with Crippen LogP contribution in [0.25, 0.3) is 11.1 Å². The molecule has 2 rings (SSSR count). The SMILES string of the molecule is Cc1c(F)cccc1-c1cc(C(N)CC(=O)O)c(F)c(C)c1C. The van der Waals surface area contributed by atoms with E-state index < -0.39 is 17.8 Å². The van der Waals surface area contributed by atoms with Crippen LogP contribution < -0.4 is 5.73 Å². The van der Waals surface area contributed by atoms with Crippen LogP contribution in [0.15, 0.2) is 24.3 Å². The molecule has 0 aliphatic heterocycles. The van der Waals surface area contributed by atoms with E-state index >= 15 is 0 Å². The average Bonchev–Trinajstić information content (AvgIpc) is 2.48. The second-order valence-corrected chi connectivity index (χ2v) is 5.69. The maximum atomic E-state index is 14.5. The molecule has 0 radical (unpaired) electrons. The minimum absolute atomic E-state index is 0.133. The van der Waals surface area contributed by atoms with Crippen LogP contribution in [-0.2, 0) is 4.79 Å². The van der Waals surface area contributed by atoms with Crippen LogP contribution in [0.5, 0.6) is 0 Å². The van der Waals surface area contributed by atoms with Gasteiger partial charge in [0.1, 0.15) is 11.6 Å². The van der Waals surface area contributed by atoms with E-state index in [1.807, 2.05) is 0 Å². The summed E-state index contributed by atoms with van der Waals surface area (Å²) in [6.45, 7) is 5.02. The number of halogens is 2. The first-order valence-corrected chi connectivity index (χ1v) is 7.26. The first-order chi connectivity index (χ1) is 10.7. The maximum absolute atomic E-state index is 14.5. The van der Waals surface area contributed by atoms with Crippen molar-refractivity contribution in [2.75, 3.05) is 0 Å². The van der Waals surface area contributed by atoms with Crippen molar-refractivity contribution >= 4 is 5.97 Å². The topological polar surface area (TPSA) is 63.3 Å². The van der Waals surface area contributed by atoms with Gasteiger partial charge in [0.15, 0.2) is 0 Å². The lowest BCUT2D eigenvalue weighted by Gasteiger charge is -2.19. The molecule has 0 aromatic heterocycles. The van der Waals surface area contributed by atoms with Crippen molar-refractivity contribution in [3.8, 4) is 11.1 Å². The Morgan fingerprint density at radius 3 is 2.39 bits per heavy atom. The Morgan fingerprint density at radius 1 is 1.13 bits per heavy atom. The van der Waals surface area contributed by atoms with Gasteiger partial charge in [-0.1, -0.05) is 12.1 Å². The molecule has 1 atom stereocenters. The van der Waals surface area contributed by atoms with Crippen molar-refractivity contribution in [1.29, 1.82) is 0 Å². The molecular weight excluding hydrogens is 300 g/mol. The number of benzene rings is 2. The van der Waals surface area contributed by atoms with E-state index in [4.69, 9.17) is 10.8 Å². The molecule has 0 aliphatic rings. The summed E-state index contributed by atoms with van der Waals surface area (Å²) >= 11 is 0.